The van der Waals surface area contributed by atoms with Gasteiger partial charge in [0.15, 0.2) is 0 Å². The van der Waals surface area contributed by atoms with E-state index < -0.39 is 0 Å². The van der Waals surface area contributed by atoms with Gasteiger partial charge in [-0.25, -0.2) is 5.43 Å². The summed E-state index contributed by atoms with van der Waals surface area (Å²) in [7, 11) is 0. The van der Waals surface area contributed by atoms with Crippen molar-refractivity contribution < 1.29 is 9.53 Å². The van der Waals surface area contributed by atoms with E-state index in [1.54, 1.807) is 29.7 Å². The molecule has 5 heteroatoms. The van der Waals surface area contributed by atoms with E-state index in [-0.39, 0.29) is 5.91 Å². The van der Waals surface area contributed by atoms with E-state index >= 15 is 0 Å². The standard InChI is InChI=1S/C17H18N2O2S/c20-17(19-18-12-16-6-3-11-22-16)13-7-9-15(10-8-13)21-14-4-1-2-5-14/h3,6-12,14H,1-2,4-5H2,(H,19,20)/b18-12+. The van der Waals surface area contributed by atoms with Gasteiger partial charge in [-0.15, -0.1) is 11.3 Å². The SMILES string of the molecule is O=C(N/N=C/c1cccs1)c1ccc(OC2CCCC2)cc1. The largest absolute Gasteiger partial charge is 0.490 e. The smallest absolute Gasteiger partial charge is 0.271 e. The fourth-order valence-electron chi connectivity index (χ4n) is 2.47. The van der Waals surface area contributed by atoms with Gasteiger partial charge in [0, 0.05) is 10.4 Å². The molecule has 0 atom stereocenters. The maximum Gasteiger partial charge on any atom is 0.271 e. The summed E-state index contributed by atoms with van der Waals surface area (Å²) >= 11 is 1.57. The van der Waals surface area contributed by atoms with Gasteiger partial charge in [-0.05, 0) is 61.4 Å². The number of hydrazone groups is 1. The molecule has 114 valence electrons. The Hall–Kier alpha value is -2.14. The molecule has 2 aromatic rings. The number of nitrogens with one attached hydrogen (secondary N) is 1. The van der Waals surface area contributed by atoms with Gasteiger partial charge in [-0.3, -0.25) is 4.79 Å². The second-order valence-corrected chi connectivity index (χ2v) is 6.24. The summed E-state index contributed by atoms with van der Waals surface area (Å²) in [5, 5.41) is 5.91. The van der Waals surface area contributed by atoms with Crippen LogP contribution in [0.3, 0.4) is 0 Å². The Bertz CT molecular complexity index is 629. The fourth-order valence-corrected chi connectivity index (χ4v) is 3.05. The molecule has 1 aliphatic rings. The minimum atomic E-state index is -0.222. The number of carbonyl (C=O) groups excluding carboxylic acids is 1. The predicted octanol–water partition coefficient (Wildman–Crippen LogP) is 3.83. The zero-order chi connectivity index (χ0) is 15.2. The predicted molar refractivity (Wildman–Crippen MR) is 88.7 cm³/mol. The monoisotopic (exact) mass is 314 g/mol. The summed E-state index contributed by atoms with van der Waals surface area (Å²) in [6.07, 6.45) is 6.70. The molecule has 0 radical (unpaired) electrons. The summed E-state index contributed by atoms with van der Waals surface area (Å²) in [4.78, 5) is 13.0. The van der Waals surface area contributed by atoms with E-state index in [4.69, 9.17) is 4.74 Å². The molecule has 1 aromatic heterocycles. The number of benzene rings is 1. The van der Waals surface area contributed by atoms with Crippen LogP contribution in [0.4, 0.5) is 0 Å². The van der Waals surface area contributed by atoms with Crippen molar-refractivity contribution in [1.82, 2.24) is 5.43 Å². The highest BCUT2D eigenvalue weighted by atomic mass is 32.1. The molecule has 0 bridgehead atoms. The highest BCUT2D eigenvalue weighted by Gasteiger charge is 2.16. The summed E-state index contributed by atoms with van der Waals surface area (Å²) in [5.41, 5.74) is 3.10. The molecule has 3 rings (SSSR count). The van der Waals surface area contributed by atoms with Gasteiger partial charge in [0.05, 0.1) is 12.3 Å². The van der Waals surface area contributed by atoms with Crippen molar-refractivity contribution >= 4 is 23.5 Å². The van der Waals surface area contributed by atoms with E-state index in [1.807, 2.05) is 29.6 Å². The van der Waals surface area contributed by atoms with E-state index in [2.05, 4.69) is 10.5 Å². The molecular weight excluding hydrogens is 296 g/mol. The Balaban J connectivity index is 1.54. The third kappa shape index (κ3) is 3.95. The number of thiophene rings is 1. The van der Waals surface area contributed by atoms with Crippen LogP contribution in [0.2, 0.25) is 0 Å². The average Bonchev–Trinajstić information content (AvgIpc) is 3.21. The van der Waals surface area contributed by atoms with Crippen molar-refractivity contribution in [2.75, 3.05) is 0 Å². The van der Waals surface area contributed by atoms with Crippen LogP contribution in [0.25, 0.3) is 0 Å². The number of carbonyl (C=O) groups is 1. The van der Waals surface area contributed by atoms with Gasteiger partial charge in [-0.1, -0.05) is 6.07 Å². The maximum absolute atomic E-state index is 12.0. The first-order valence-electron chi connectivity index (χ1n) is 7.45. The molecule has 1 aliphatic carbocycles. The minimum Gasteiger partial charge on any atom is -0.490 e. The lowest BCUT2D eigenvalue weighted by molar-refractivity contribution is 0.0955. The number of ether oxygens (including phenoxy) is 1. The first-order chi connectivity index (χ1) is 10.8. The molecule has 1 N–H and O–H groups in total. The van der Waals surface area contributed by atoms with E-state index in [0.717, 1.165) is 23.5 Å². The third-order valence-corrected chi connectivity index (χ3v) is 4.43. The van der Waals surface area contributed by atoms with Gasteiger partial charge >= 0.3 is 0 Å². The van der Waals surface area contributed by atoms with Crippen molar-refractivity contribution in [2.24, 2.45) is 5.10 Å². The summed E-state index contributed by atoms with van der Waals surface area (Å²) in [6.45, 7) is 0. The zero-order valence-electron chi connectivity index (χ0n) is 12.2. The number of amides is 1. The van der Waals surface area contributed by atoms with Crippen LogP contribution in [-0.4, -0.2) is 18.2 Å². The topological polar surface area (TPSA) is 50.7 Å². The fraction of sp³-hybridized carbons (Fsp3) is 0.294. The van der Waals surface area contributed by atoms with Gasteiger partial charge in [-0.2, -0.15) is 5.10 Å². The molecule has 1 heterocycles. The number of nitrogens with zero attached hydrogens (tertiary/aromatic N) is 1. The van der Waals surface area contributed by atoms with Gasteiger partial charge in [0.1, 0.15) is 5.75 Å². The number of hydrogen-bond acceptors (Lipinski definition) is 4. The second-order valence-electron chi connectivity index (χ2n) is 5.26. The van der Waals surface area contributed by atoms with Crippen molar-refractivity contribution in [3.63, 3.8) is 0 Å². The van der Waals surface area contributed by atoms with Crippen molar-refractivity contribution in [2.45, 2.75) is 31.8 Å². The molecule has 0 spiro atoms. The lowest BCUT2D eigenvalue weighted by Gasteiger charge is -2.12. The third-order valence-electron chi connectivity index (χ3n) is 3.62. The zero-order valence-corrected chi connectivity index (χ0v) is 13.0. The molecule has 1 amide bonds. The van der Waals surface area contributed by atoms with Crippen LogP contribution in [-0.2, 0) is 0 Å². The van der Waals surface area contributed by atoms with E-state index in [9.17, 15) is 4.79 Å². The van der Waals surface area contributed by atoms with Crippen molar-refractivity contribution in [3.8, 4) is 5.75 Å². The van der Waals surface area contributed by atoms with Crippen LogP contribution in [0, 0.1) is 0 Å². The van der Waals surface area contributed by atoms with Crippen molar-refractivity contribution in [3.05, 3.63) is 52.2 Å². The molecule has 1 saturated carbocycles. The summed E-state index contributed by atoms with van der Waals surface area (Å²) < 4.78 is 5.88. The molecule has 22 heavy (non-hydrogen) atoms. The van der Waals surface area contributed by atoms with Crippen LogP contribution < -0.4 is 10.2 Å². The highest BCUT2D eigenvalue weighted by molar-refractivity contribution is 7.11. The quantitative estimate of drug-likeness (QED) is 0.673. The lowest BCUT2D eigenvalue weighted by atomic mass is 10.2. The van der Waals surface area contributed by atoms with Gasteiger partial charge in [0.2, 0.25) is 0 Å². The minimum absolute atomic E-state index is 0.222. The number of rotatable bonds is 5. The van der Waals surface area contributed by atoms with Crippen LogP contribution in [0.5, 0.6) is 5.75 Å². The molecule has 1 fully saturated rings. The van der Waals surface area contributed by atoms with Crippen molar-refractivity contribution in [1.29, 1.82) is 0 Å². The van der Waals surface area contributed by atoms with Gasteiger partial charge < -0.3 is 4.74 Å². The van der Waals surface area contributed by atoms with Crippen LogP contribution >= 0.6 is 11.3 Å². The average molecular weight is 314 g/mol. The van der Waals surface area contributed by atoms with E-state index in [0.29, 0.717) is 11.7 Å². The Labute approximate surface area is 133 Å². The second kappa shape index (κ2) is 7.22. The maximum atomic E-state index is 12.0. The van der Waals surface area contributed by atoms with Crippen LogP contribution in [0.15, 0.2) is 46.9 Å². The molecule has 0 saturated heterocycles. The Morgan fingerprint density at radius 3 is 2.68 bits per heavy atom. The molecular formula is C17H18N2O2S. The summed E-state index contributed by atoms with van der Waals surface area (Å²) in [6, 6.07) is 11.1. The number of hydrogen-bond donors (Lipinski definition) is 1. The molecule has 0 unspecified atom stereocenters. The lowest BCUT2D eigenvalue weighted by Crippen LogP contribution is -2.17. The molecule has 0 aliphatic heterocycles. The Morgan fingerprint density at radius 1 is 1.23 bits per heavy atom. The highest BCUT2D eigenvalue weighted by Crippen LogP contribution is 2.24. The normalized spacial score (nSPS) is 15.3. The first kappa shape index (κ1) is 14.8. The first-order valence-corrected chi connectivity index (χ1v) is 8.33. The van der Waals surface area contributed by atoms with Crippen LogP contribution in [0.1, 0.15) is 40.9 Å². The Morgan fingerprint density at radius 2 is 2.00 bits per heavy atom. The Kier molecular flexibility index (Phi) is 4.85. The van der Waals surface area contributed by atoms with Gasteiger partial charge in [0.25, 0.3) is 5.91 Å². The molecule has 4 nitrogen and oxygen atoms in total. The van der Waals surface area contributed by atoms with E-state index in [1.165, 1.54) is 12.8 Å². The molecule has 1 aromatic carbocycles. The summed E-state index contributed by atoms with van der Waals surface area (Å²) in [5.74, 6) is 0.603.